The van der Waals surface area contributed by atoms with Crippen LogP contribution in [0.15, 0.2) is 84.4 Å². The molecule has 6 nitrogen and oxygen atoms in total. The van der Waals surface area contributed by atoms with E-state index in [0.717, 1.165) is 29.7 Å². The molecular formula is C31H33NO5. The molecule has 1 aliphatic rings. The van der Waals surface area contributed by atoms with Gasteiger partial charge in [0.05, 0.1) is 24.8 Å². The van der Waals surface area contributed by atoms with Gasteiger partial charge in [0.15, 0.2) is 0 Å². The van der Waals surface area contributed by atoms with Crippen molar-refractivity contribution in [3.05, 3.63) is 101 Å². The standard InChI is InChI=1S/C31H33NO5/c1-3-5-20-37-25-16-14-23(15-17-25)28-27(29(33)24-12-9-13-26(21-24)36-4-2)30(34)31(35)32(28)19-18-22-10-7-6-8-11-22/h6-17,21,28,33H,3-5,18-20H2,1-2H3. The number of unbranched alkanes of at least 4 members (excludes halogenated alkanes) is 1. The molecule has 1 saturated heterocycles. The molecular weight excluding hydrogens is 466 g/mol. The van der Waals surface area contributed by atoms with Crippen molar-refractivity contribution in [3.8, 4) is 11.5 Å². The lowest BCUT2D eigenvalue weighted by atomic mass is 9.95. The van der Waals surface area contributed by atoms with Crippen LogP contribution < -0.4 is 9.47 Å². The topological polar surface area (TPSA) is 76.1 Å². The minimum Gasteiger partial charge on any atom is -0.507 e. The monoisotopic (exact) mass is 499 g/mol. The van der Waals surface area contributed by atoms with Crippen molar-refractivity contribution in [2.45, 2.75) is 39.2 Å². The number of ketones is 1. The highest BCUT2D eigenvalue weighted by molar-refractivity contribution is 6.46. The highest BCUT2D eigenvalue weighted by atomic mass is 16.5. The number of carbonyl (C=O) groups is 2. The maximum Gasteiger partial charge on any atom is 0.295 e. The van der Waals surface area contributed by atoms with Crippen LogP contribution in [0.4, 0.5) is 0 Å². The highest BCUT2D eigenvalue weighted by Gasteiger charge is 2.45. The van der Waals surface area contributed by atoms with E-state index in [4.69, 9.17) is 9.47 Å². The molecule has 1 atom stereocenters. The molecule has 1 heterocycles. The summed E-state index contributed by atoms with van der Waals surface area (Å²) in [6.45, 7) is 5.42. The van der Waals surface area contributed by atoms with Crippen LogP contribution in [-0.4, -0.2) is 41.5 Å². The van der Waals surface area contributed by atoms with Gasteiger partial charge in [-0.25, -0.2) is 0 Å². The quantitative estimate of drug-likeness (QED) is 0.153. The summed E-state index contributed by atoms with van der Waals surface area (Å²) in [6, 6.07) is 23.4. The lowest BCUT2D eigenvalue weighted by Gasteiger charge is -2.25. The molecule has 1 aliphatic heterocycles. The van der Waals surface area contributed by atoms with Gasteiger partial charge >= 0.3 is 0 Å². The first-order valence-electron chi connectivity index (χ1n) is 12.8. The highest BCUT2D eigenvalue weighted by Crippen LogP contribution is 2.40. The molecule has 1 N–H and O–H groups in total. The fraction of sp³-hybridized carbons (Fsp3) is 0.290. The Kier molecular flexibility index (Phi) is 8.62. The second-order valence-electron chi connectivity index (χ2n) is 8.96. The van der Waals surface area contributed by atoms with E-state index in [1.807, 2.05) is 61.5 Å². The third-order valence-electron chi connectivity index (χ3n) is 6.41. The first kappa shape index (κ1) is 26.0. The van der Waals surface area contributed by atoms with Crippen LogP contribution in [0.1, 0.15) is 49.4 Å². The van der Waals surface area contributed by atoms with Crippen molar-refractivity contribution >= 4 is 17.4 Å². The number of nitrogens with zero attached hydrogens (tertiary/aromatic N) is 1. The zero-order chi connectivity index (χ0) is 26.2. The number of likely N-dealkylation sites (tertiary alicyclic amines) is 1. The summed E-state index contributed by atoms with van der Waals surface area (Å²) in [5.74, 6) is -0.222. The first-order chi connectivity index (χ1) is 18.0. The number of amides is 1. The third-order valence-corrected chi connectivity index (χ3v) is 6.41. The van der Waals surface area contributed by atoms with E-state index in [-0.39, 0.29) is 11.3 Å². The van der Waals surface area contributed by atoms with E-state index in [9.17, 15) is 14.7 Å². The van der Waals surface area contributed by atoms with E-state index < -0.39 is 17.7 Å². The largest absolute Gasteiger partial charge is 0.507 e. The van der Waals surface area contributed by atoms with Crippen molar-refractivity contribution in [1.29, 1.82) is 0 Å². The average molecular weight is 500 g/mol. The number of Topliss-reactive ketones (excluding diaryl/α,β-unsaturated/α-hetero) is 1. The summed E-state index contributed by atoms with van der Waals surface area (Å²) in [4.78, 5) is 28.1. The maximum atomic E-state index is 13.3. The molecule has 0 radical (unpaired) electrons. The lowest BCUT2D eigenvalue weighted by molar-refractivity contribution is -0.139. The number of aliphatic hydroxyl groups excluding tert-OH is 1. The summed E-state index contributed by atoms with van der Waals surface area (Å²) in [5, 5.41) is 11.3. The van der Waals surface area contributed by atoms with Gasteiger partial charge in [-0.1, -0.05) is 67.9 Å². The van der Waals surface area contributed by atoms with Gasteiger partial charge in [-0.15, -0.1) is 0 Å². The Morgan fingerprint density at radius 3 is 2.35 bits per heavy atom. The smallest absolute Gasteiger partial charge is 0.295 e. The number of ether oxygens (including phenoxy) is 2. The van der Waals surface area contributed by atoms with Gasteiger partial charge in [0, 0.05) is 12.1 Å². The van der Waals surface area contributed by atoms with Gasteiger partial charge in [0.25, 0.3) is 11.7 Å². The molecule has 1 unspecified atom stereocenters. The molecule has 1 amide bonds. The number of hydrogen-bond donors (Lipinski definition) is 1. The Morgan fingerprint density at radius 1 is 0.892 bits per heavy atom. The molecule has 192 valence electrons. The van der Waals surface area contributed by atoms with Crippen molar-refractivity contribution in [3.63, 3.8) is 0 Å². The maximum absolute atomic E-state index is 13.3. The Morgan fingerprint density at radius 2 is 1.65 bits per heavy atom. The second kappa shape index (κ2) is 12.3. The molecule has 0 saturated carbocycles. The van der Waals surface area contributed by atoms with Crippen LogP contribution >= 0.6 is 0 Å². The van der Waals surface area contributed by atoms with Gasteiger partial charge < -0.3 is 19.5 Å². The van der Waals surface area contributed by atoms with Crippen molar-refractivity contribution in [1.82, 2.24) is 4.90 Å². The van der Waals surface area contributed by atoms with E-state index in [0.29, 0.717) is 37.5 Å². The predicted octanol–water partition coefficient (Wildman–Crippen LogP) is 5.93. The number of carbonyl (C=O) groups excluding carboxylic acids is 2. The van der Waals surface area contributed by atoms with Crippen molar-refractivity contribution in [2.24, 2.45) is 0 Å². The van der Waals surface area contributed by atoms with E-state index >= 15 is 0 Å². The third kappa shape index (κ3) is 6.02. The lowest BCUT2D eigenvalue weighted by Crippen LogP contribution is -2.31. The molecule has 0 aromatic heterocycles. The van der Waals surface area contributed by atoms with Crippen molar-refractivity contribution < 1.29 is 24.2 Å². The summed E-state index contributed by atoms with van der Waals surface area (Å²) in [7, 11) is 0. The Hall–Kier alpha value is -4.06. The fourth-order valence-electron chi connectivity index (χ4n) is 4.49. The van der Waals surface area contributed by atoms with Gasteiger partial charge in [-0.3, -0.25) is 9.59 Å². The minimum absolute atomic E-state index is 0.0753. The minimum atomic E-state index is -0.718. The molecule has 0 bridgehead atoms. The zero-order valence-electron chi connectivity index (χ0n) is 21.4. The summed E-state index contributed by atoms with van der Waals surface area (Å²) < 4.78 is 11.4. The fourth-order valence-corrected chi connectivity index (χ4v) is 4.49. The van der Waals surface area contributed by atoms with E-state index in [2.05, 4.69) is 6.92 Å². The predicted molar refractivity (Wildman–Crippen MR) is 144 cm³/mol. The number of aliphatic hydroxyl groups is 1. The SMILES string of the molecule is CCCCOc1ccc(C2C(=C(O)c3cccc(OCC)c3)C(=O)C(=O)N2CCc2ccccc2)cc1. The van der Waals surface area contributed by atoms with Crippen LogP contribution in [0.2, 0.25) is 0 Å². The number of hydrogen-bond acceptors (Lipinski definition) is 5. The molecule has 6 heteroatoms. The Labute approximate surface area is 218 Å². The van der Waals surface area contributed by atoms with Crippen LogP contribution in [0.5, 0.6) is 11.5 Å². The normalized spacial score (nSPS) is 16.7. The average Bonchev–Trinajstić information content (AvgIpc) is 3.18. The zero-order valence-corrected chi connectivity index (χ0v) is 21.4. The van der Waals surface area contributed by atoms with Gasteiger partial charge in [-0.2, -0.15) is 0 Å². The van der Waals surface area contributed by atoms with E-state index in [1.54, 1.807) is 29.2 Å². The second-order valence-corrected chi connectivity index (χ2v) is 8.96. The molecule has 1 fully saturated rings. The van der Waals surface area contributed by atoms with Gasteiger partial charge in [0.2, 0.25) is 0 Å². The van der Waals surface area contributed by atoms with Crippen molar-refractivity contribution in [2.75, 3.05) is 19.8 Å². The summed E-state index contributed by atoms with van der Waals surface area (Å²) in [5.41, 5.74) is 2.30. The van der Waals surface area contributed by atoms with Gasteiger partial charge in [0.1, 0.15) is 17.3 Å². The molecule has 3 aromatic carbocycles. The van der Waals surface area contributed by atoms with Crippen LogP contribution in [0, 0.1) is 0 Å². The van der Waals surface area contributed by atoms with Crippen LogP contribution in [0.3, 0.4) is 0 Å². The molecule has 37 heavy (non-hydrogen) atoms. The summed E-state index contributed by atoms with van der Waals surface area (Å²) in [6.07, 6.45) is 2.59. The van der Waals surface area contributed by atoms with Crippen LogP contribution in [0.25, 0.3) is 5.76 Å². The summed E-state index contributed by atoms with van der Waals surface area (Å²) >= 11 is 0. The molecule has 3 aromatic rings. The van der Waals surface area contributed by atoms with Crippen LogP contribution in [-0.2, 0) is 16.0 Å². The molecule has 0 spiro atoms. The molecule has 0 aliphatic carbocycles. The number of benzene rings is 3. The first-order valence-corrected chi connectivity index (χ1v) is 12.8. The van der Waals surface area contributed by atoms with Gasteiger partial charge in [-0.05, 0) is 55.2 Å². The Balaban J connectivity index is 1.72. The molecule has 4 rings (SSSR count). The Bertz CT molecular complexity index is 1250. The number of rotatable bonds is 11. The van der Waals surface area contributed by atoms with E-state index in [1.165, 1.54) is 0 Å².